The normalized spacial score (nSPS) is 10.6. The van der Waals surface area contributed by atoms with Gasteiger partial charge in [-0.3, -0.25) is 9.67 Å². The molecule has 2 rings (SSSR count). The summed E-state index contributed by atoms with van der Waals surface area (Å²) in [5.74, 6) is 0. The molecule has 0 aliphatic heterocycles. The molecular weight excluding hydrogens is 200 g/mol. The summed E-state index contributed by atoms with van der Waals surface area (Å²) in [6.07, 6.45) is 7.55. The first kappa shape index (κ1) is 10.8. The number of pyridine rings is 1. The Morgan fingerprint density at radius 2 is 2.12 bits per heavy atom. The van der Waals surface area contributed by atoms with Crippen LogP contribution in [0.3, 0.4) is 0 Å². The summed E-state index contributed by atoms with van der Waals surface area (Å²) in [6.45, 7) is 4.75. The highest BCUT2D eigenvalue weighted by Crippen LogP contribution is 1.95. The molecule has 2 aromatic heterocycles. The van der Waals surface area contributed by atoms with Crippen LogP contribution < -0.4 is 5.32 Å². The quantitative estimate of drug-likeness (QED) is 0.768. The minimum Gasteiger partial charge on any atom is -0.311 e. The first-order valence-electron chi connectivity index (χ1n) is 5.43. The lowest BCUT2D eigenvalue weighted by Gasteiger charge is -2.04. The fourth-order valence-electron chi connectivity index (χ4n) is 1.52. The highest BCUT2D eigenvalue weighted by atomic mass is 15.3. The predicted octanol–water partition coefficient (Wildman–Crippen LogP) is 1.38. The summed E-state index contributed by atoms with van der Waals surface area (Å²) in [6, 6.07) is 4.04. The maximum atomic E-state index is 4.23. The average Bonchev–Trinajstić information content (AvgIpc) is 2.72. The zero-order valence-electron chi connectivity index (χ0n) is 9.43. The third-order valence-electron chi connectivity index (χ3n) is 2.36. The van der Waals surface area contributed by atoms with Crippen molar-refractivity contribution >= 4 is 0 Å². The third kappa shape index (κ3) is 3.17. The van der Waals surface area contributed by atoms with E-state index in [0.717, 1.165) is 19.6 Å². The van der Waals surface area contributed by atoms with Crippen molar-refractivity contribution in [1.82, 2.24) is 20.1 Å². The molecule has 0 bridgehead atoms. The van der Waals surface area contributed by atoms with Gasteiger partial charge in [-0.2, -0.15) is 5.10 Å². The summed E-state index contributed by atoms with van der Waals surface area (Å²) >= 11 is 0. The zero-order chi connectivity index (χ0) is 11.2. The van der Waals surface area contributed by atoms with Crippen molar-refractivity contribution in [3.05, 3.63) is 48.0 Å². The molecule has 0 spiro atoms. The van der Waals surface area contributed by atoms with E-state index < -0.39 is 0 Å². The maximum absolute atomic E-state index is 4.23. The van der Waals surface area contributed by atoms with Gasteiger partial charge in [0.05, 0.1) is 12.7 Å². The van der Waals surface area contributed by atoms with Gasteiger partial charge in [-0.25, -0.2) is 0 Å². The summed E-state index contributed by atoms with van der Waals surface area (Å²) in [7, 11) is 0. The summed E-state index contributed by atoms with van der Waals surface area (Å²) in [5.41, 5.74) is 2.46. The van der Waals surface area contributed by atoms with E-state index in [1.165, 1.54) is 11.1 Å². The van der Waals surface area contributed by atoms with Crippen LogP contribution in [0.2, 0.25) is 0 Å². The second-order valence-electron chi connectivity index (χ2n) is 3.81. The molecule has 0 unspecified atom stereocenters. The first-order chi connectivity index (χ1) is 7.84. The van der Waals surface area contributed by atoms with Crippen LogP contribution >= 0.6 is 0 Å². The molecule has 2 aromatic rings. The van der Waals surface area contributed by atoms with Gasteiger partial charge in [-0.1, -0.05) is 0 Å². The van der Waals surface area contributed by atoms with E-state index in [0.29, 0.717) is 0 Å². The Bertz CT molecular complexity index is 422. The Labute approximate surface area is 95.3 Å². The van der Waals surface area contributed by atoms with Crippen LogP contribution in [0.15, 0.2) is 36.9 Å². The minimum atomic E-state index is 0.878. The Kier molecular flexibility index (Phi) is 3.66. The van der Waals surface area contributed by atoms with Crippen LogP contribution in [0, 0.1) is 6.92 Å². The number of nitrogens with zero attached hydrogens (tertiary/aromatic N) is 3. The number of aryl methyl sites for hydroxylation is 1. The predicted molar refractivity (Wildman–Crippen MR) is 62.9 cm³/mol. The fraction of sp³-hybridized carbons (Fsp3) is 0.333. The molecule has 0 saturated carbocycles. The molecule has 0 amide bonds. The molecule has 0 aromatic carbocycles. The molecule has 0 saturated heterocycles. The molecular formula is C12H16N4. The van der Waals surface area contributed by atoms with E-state index in [1.54, 1.807) is 0 Å². The Morgan fingerprint density at radius 1 is 1.31 bits per heavy atom. The van der Waals surface area contributed by atoms with Gasteiger partial charge in [0.1, 0.15) is 0 Å². The molecule has 0 fully saturated rings. The number of aromatic nitrogens is 3. The van der Waals surface area contributed by atoms with Crippen molar-refractivity contribution in [2.75, 3.05) is 6.54 Å². The number of hydrogen-bond donors (Lipinski definition) is 1. The number of hydrogen-bond acceptors (Lipinski definition) is 3. The SMILES string of the molecule is Cc1cnn(CCNCc2ccncc2)c1. The highest BCUT2D eigenvalue weighted by molar-refractivity contribution is 5.08. The van der Waals surface area contributed by atoms with Crippen LogP contribution in [0.4, 0.5) is 0 Å². The third-order valence-corrected chi connectivity index (χ3v) is 2.36. The van der Waals surface area contributed by atoms with Gasteiger partial charge in [-0.15, -0.1) is 0 Å². The molecule has 2 heterocycles. The van der Waals surface area contributed by atoms with Gasteiger partial charge >= 0.3 is 0 Å². The van der Waals surface area contributed by atoms with Gasteiger partial charge in [0, 0.05) is 31.7 Å². The van der Waals surface area contributed by atoms with Crippen molar-refractivity contribution in [3.8, 4) is 0 Å². The van der Waals surface area contributed by atoms with Crippen LogP contribution in [0.1, 0.15) is 11.1 Å². The topological polar surface area (TPSA) is 42.7 Å². The molecule has 4 nitrogen and oxygen atoms in total. The number of rotatable bonds is 5. The lowest BCUT2D eigenvalue weighted by atomic mass is 10.3. The number of nitrogens with one attached hydrogen (secondary N) is 1. The molecule has 84 valence electrons. The fourth-order valence-corrected chi connectivity index (χ4v) is 1.52. The molecule has 16 heavy (non-hydrogen) atoms. The second kappa shape index (κ2) is 5.42. The van der Waals surface area contributed by atoms with Gasteiger partial charge in [-0.05, 0) is 30.2 Å². The highest BCUT2D eigenvalue weighted by Gasteiger charge is 1.94. The Balaban J connectivity index is 1.69. The molecule has 4 heteroatoms. The average molecular weight is 216 g/mol. The van der Waals surface area contributed by atoms with Crippen LogP contribution in [-0.4, -0.2) is 21.3 Å². The smallest absolute Gasteiger partial charge is 0.0534 e. The van der Waals surface area contributed by atoms with Crippen molar-refractivity contribution < 1.29 is 0 Å². The van der Waals surface area contributed by atoms with Gasteiger partial charge < -0.3 is 5.32 Å². The Hall–Kier alpha value is -1.68. The van der Waals surface area contributed by atoms with E-state index in [4.69, 9.17) is 0 Å². The summed E-state index contributed by atoms with van der Waals surface area (Å²) in [4.78, 5) is 3.98. The van der Waals surface area contributed by atoms with E-state index >= 15 is 0 Å². The monoisotopic (exact) mass is 216 g/mol. The largest absolute Gasteiger partial charge is 0.311 e. The summed E-state index contributed by atoms with van der Waals surface area (Å²) in [5, 5.41) is 7.60. The van der Waals surface area contributed by atoms with Crippen molar-refractivity contribution in [1.29, 1.82) is 0 Å². The second-order valence-corrected chi connectivity index (χ2v) is 3.81. The van der Waals surface area contributed by atoms with E-state index in [2.05, 4.69) is 15.4 Å². The zero-order valence-corrected chi connectivity index (χ0v) is 9.43. The lowest BCUT2D eigenvalue weighted by Crippen LogP contribution is -2.19. The van der Waals surface area contributed by atoms with Crippen molar-refractivity contribution in [3.63, 3.8) is 0 Å². The van der Waals surface area contributed by atoms with Crippen LogP contribution in [-0.2, 0) is 13.1 Å². The maximum Gasteiger partial charge on any atom is 0.0534 e. The minimum absolute atomic E-state index is 0.878. The first-order valence-corrected chi connectivity index (χ1v) is 5.43. The Morgan fingerprint density at radius 3 is 2.81 bits per heavy atom. The van der Waals surface area contributed by atoms with Crippen molar-refractivity contribution in [2.24, 2.45) is 0 Å². The molecule has 0 aliphatic carbocycles. The molecule has 0 aliphatic rings. The lowest BCUT2D eigenvalue weighted by molar-refractivity contribution is 0.554. The van der Waals surface area contributed by atoms with E-state index in [9.17, 15) is 0 Å². The van der Waals surface area contributed by atoms with Crippen LogP contribution in [0.5, 0.6) is 0 Å². The van der Waals surface area contributed by atoms with Crippen molar-refractivity contribution in [2.45, 2.75) is 20.0 Å². The molecule has 0 radical (unpaired) electrons. The molecule has 0 atom stereocenters. The van der Waals surface area contributed by atoms with Gasteiger partial charge in [0.15, 0.2) is 0 Å². The van der Waals surface area contributed by atoms with E-state index in [1.807, 2.05) is 48.5 Å². The van der Waals surface area contributed by atoms with Gasteiger partial charge in [0.25, 0.3) is 0 Å². The van der Waals surface area contributed by atoms with E-state index in [-0.39, 0.29) is 0 Å². The summed E-state index contributed by atoms with van der Waals surface area (Å²) < 4.78 is 1.95. The van der Waals surface area contributed by atoms with Crippen LogP contribution in [0.25, 0.3) is 0 Å². The standard InChI is InChI=1S/C12H16N4/c1-11-8-15-16(10-11)7-6-14-9-12-2-4-13-5-3-12/h2-5,8,10,14H,6-7,9H2,1H3. The van der Waals surface area contributed by atoms with Gasteiger partial charge in [0.2, 0.25) is 0 Å². The molecule has 1 N–H and O–H groups in total.